The van der Waals surface area contributed by atoms with E-state index in [9.17, 15) is 0 Å². The number of aryl methyl sites for hydroxylation is 1. The van der Waals surface area contributed by atoms with Gasteiger partial charge >= 0.3 is 0 Å². The summed E-state index contributed by atoms with van der Waals surface area (Å²) in [6, 6.07) is 0. The van der Waals surface area contributed by atoms with Gasteiger partial charge in [-0.2, -0.15) is 0 Å². The Labute approximate surface area is 118 Å². The molecule has 1 N–H and O–H groups in total. The Bertz CT molecular complexity index is 568. The van der Waals surface area contributed by atoms with Crippen molar-refractivity contribution in [3.63, 3.8) is 0 Å². The molecule has 0 saturated carbocycles. The lowest BCUT2D eigenvalue weighted by Gasteiger charge is -2.26. The number of nitrogens with one attached hydrogen (secondary N) is 1. The molecule has 0 bridgehead atoms. The second-order valence-corrected chi connectivity index (χ2v) is 5.20. The van der Waals surface area contributed by atoms with E-state index in [1.54, 1.807) is 6.33 Å². The zero-order chi connectivity index (χ0) is 13.9. The highest BCUT2D eigenvalue weighted by Gasteiger charge is 2.11. The number of imidazole rings is 1. The summed E-state index contributed by atoms with van der Waals surface area (Å²) >= 11 is 0. The van der Waals surface area contributed by atoms with Crippen LogP contribution in [0, 0.1) is 13.8 Å². The molecular weight excluding hydrogens is 252 g/mol. The molecule has 0 spiro atoms. The normalized spacial score (nSPS) is 16.5. The Kier molecular flexibility index (Phi) is 3.75. The van der Waals surface area contributed by atoms with Crippen LogP contribution in [0.15, 0.2) is 18.7 Å². The standard InChI is InChI=1S/C14H20N6/c1-11-12(2)20(10-18-11)14-16-7-13(8-17-14)9-19-5-3-15-4-6-19/h7-8,10,15H,3-6,9H2,1-2H3. The minimum Gasteiger partial charge on any atom is -0.314 e. The zero-order valence-corrected chi connectivity index (χ0v) is 12.0. The molecule has 0 aromatic carbocycles. The molecule has 20 heavy (non-hydrogen) atoms. The first-order valence-electron chi connectivity index (χ1n) is 6.99. The highest BCUT2D eigenvalue weighted by Crippen LogP contribution is 2.10. The van der Waals surface area contributed by atoms with Crippen molar-refractivity contribution in [1.29, 1.82) is 0 Å². The van der Waals surface area contributed by atoms with Gasteiger partial charge in [0, 0.05) is 56.4 Å². The molecule has 6 heteroatoms. The predicted molar refractivity (Wildman–Crippen MR) is 76.8 cm³/mol. The fraction of sp³-hybridized carbons (Fsp3) is 0.500. The van der Waals surface area contributed by atoms with Gasteiger partial charge in [-0.15, -0.1) is 0 Å². The third kappa shape index (κ3) is 2.71. The number of hydrogen-bond acceptors (Lipinski definition) is 5. The van der Waals surface area contributed by atoms with E-state index in [0.717, 1.165) is 49.7 Å². The molecule has 1 saturated heterocycles. The molecule has 0 atom stereocenters. The fourth-order valence-electron chi connectivity index (χ4n) is 2.38. The summed E-state index contributed by atoms with van der Waals surface area (Å²) in [5.41, 5.74) is 3.25. The van der Waals surface area contributed by atoms with Gasteiger partial charge in [0.25, 0.3) is 0 Å². The van der Waals surface area contributed by atoms with Gasteiger partial charge in [0.05, 0.1) is 5.69 Å². The second kappa shape index (κ2) is 5.68. The van der Waals surface area contributed by atoms with E-state index in [2.05, 4.69) is 25.2 Å². The van der Waals surface area contributed by atoms with Crippen LogP contribution in [-0.4, -0.2) is 50.6 Å². The van der Waals surface area contributed by atoms with Crippen molar-refractivity contribution >= 4 is 0 Å². The van der Waals surface area contributed by atoms with E-state index < -0.39 is 0 Å². The van der Waals surface area contributed by atoms with Crippen molar-refractivity contribution in [1.82, 2.24) is 29.7 Å². The van der Waals surface area contributed by atoms with Crippen LogP contribution in [0.5, 0.6) is 0 Å². The highest BCUT2D eigenvalue weighted by atomic mass is 15.2. The molecule has 1 fully saturated rings. The molecule has 1 aliphatic heterocycles. The summed E-state index contributed by atoms with van der Waals surface area (Å²) < 4.78 is 1.92. The van der Waals surface area contributed by atoms with E-state index in [4.69, 9.17) is 0 Å². The molecule has 0 amide bonds. The highest BCUT2D eigenvalue weighted by molar-refractivity contribution is 5.22. The Morgan fingerprint density at radius 2 is 1.80 bits per heavy atom. The van der Waals surface area contributed by atoms with Gasteiger partial charge < -0.3 is 5.32 Å². The van der Waals surface area contributed by atoms with Crippen molar-refractivity contribution in [2.24, 2.45) is 0 Å². The third-order valence-corrected chi connectivity index (χ3v) is 3.77. The molecule has 6 nitrogen and oxygen atoms in total. The van der Waals surface area contributed by atoms with Gasteiger partial charge in [0.2, 0.25) is 5.95 Å². The molecular formula is C14H20N6. The van der Waals surface area contributed by atoms with Crippen LogP contribution in [0.1, 0.15) is 17.0 Å². The lowest BCUT2D eigenvalue weighted by molar-refractivity contribution is 0.232. The molecule has 2 aromatic rings. The number of hydrogen-bond donors (Lipinski definition) is 1. The number of nitrogens with zero attached hydrogens (tertiary/aromatic N) is 5. The van der Waals surface area contributed by atoms with Gasteiger partial charge in [-0.05, 0) is 13.8 Å². The van der Waals surface area contributed by atoms with Gasteiger partial charge in [-0.1, -0.05) is 0 Å². The maximum atomic E-state index is 4.46. The zero-order valence-electron chi connectivity index (χ0n) is 12.0. The van der Waals surface area contributed by atoms with Crippen LogP contribution in [0.2, 0.25) is 0 Å². The van der Waals surface area contributed by atoms with Crippen LogP contribution in [-0.2, 0) is 6.54 Å². The van der Waals surface area contributed by atoms with Crippen molar-refractivity contribution in [3.05, 3.63) is 35.7 Å². The van der Waals surface area contributed by atoms with Gasteiger partial charge in [-0.3, -0.25) is 9.47 Å². The number of aromatic nitrogens is 4. The minimum atomic E-state index is 0.687. The van der Waals surface area contributed by atoms with Crippen LogP contribution in [0.3, 0.4) is 0 Å². The van der Waals surface area contributed by atoms with Crippen LogP contribution in [0.4, 0.5) is 0 Å². The number of piperazine rings is 1. The van der Waals surface area contributed by atoms with E-state index in [0.29, 0.717) is 5.95 Å². The van der Waals surface area contributed by atoms with E-state index in [1.165, 1.54) is 0 Å². The van der Waals surface area contributed by atoms with Crippen LogP contribution >= 0.6 is 0 Å². The third-order valence-electron chi connectivity index (χ3n) is 3.77. The second-order valence-electron chi connectivity index (χ2n) is 5.20. The SMILES string of the molecule is Cc1ncn(-c2ncc(CN3CCNCC3)cn2)c1C. The summed E-state index contributed by atoms with van der Waals surface area (Å²) in [6.07, 6.45) is 5.61. The van der Waals surface area contributed by atoms with E-state index >= 15 is 0 Å². The van der Waals surface area contributed by atoms with Crippen molar-refractivity contribution < 1.29 is 0 Å². The summed E-state index contributed by atoms with van der Waals surface area (Å²) in [5, 5.41) is 3.36. The van der Waals surface area contributed by atoms with Crippen molar-refractivity contribution in [2.75, 3.05) is 26.2 Å². The predicted octanol–water partition coefficient (Wildman–Crippen LogP) is 0.684. The fourth-order valence-corrected chi connectivity index (χ4v) is 2.38. The average Bonchev–Trinajstić information content (AvgIpc) is 2.81. The molecule has 3 heterocycles. The Morgan fingerprint density at radius 1 is 1.10 bits per heavy atom. The van der Waals surface area contributed by atoms with Crippen molar-refractivity contribution in [2.45, 2.75) is 20.4 Å². The summed E-state index contributed by atoms with van der Waals surface area (Å²) in [5.74, 6) is 0.687. The Hall–Kier alpha value is -1.79. The molecule has 0 unspecified atom stereocenters. The smallest absolute Gasteiger partial charge is 0.235 e. The van der Waals surface area contributed by atoms with Gasteiger partial charge in [-0.25, -0.2) is 15.0 Å². The Morgan fingerprint density at radius 3 is 2.40 bits per heavy atom. The largest absolute Gasteiger partial charge is 0.314 e. The summed E-state index contributed by atoms with van der Waals surface area (Å²) in [6.45, 7) is 9.23. The Balaban J connectivity index is 1.72. The van der Waals surface area contributed by atoms with E-state index in [1.807, 2.05) is 30.8 Å². The lowest BCUT2D eigenvalue weighted by Crippen LogP contribution is -2.42. The lowest BCUT2D eigenvalue weighted by atomic mass is 10.3. The first-order chi connectivity index (χ1) is 9.74. The molecule has 0 radical (unpaired) electrons. The van der Waals surface area contributed by atoms with E-state index in [-0.39, 0.29) is 0 Å². The number of rotatable bonds is 3. The minimum absolute atomic E-state index is 0.687. The molecule has 1 aliphatic rings. The van der Waals surface area contributed by atoms with Crippen LogP contribution in [0.25, 0.3) is 5.95 Å². The molecule has 0 aliphatic carbocycles. The van der Waals surface area contributed by atoms with Crippen molar-refractivity contribution in [3.8, 4) is 5.95 Å². The topological polar surface area (TPSA) is 58.9 Å². The van der Waals surface area contributed by atoms with Gasteiger partial charge in [0.15, 0.2) is 0 Å². The molecule has 106 valence electrons. The molecule has 3 rings (SSSR count). The quantitative estimate of drug-likeness (QED) is 0.890. The van der Waals surface area contributed by atoms with Gasteiger partial charge in [0.1, 0.15) is 6.33 Å². The molecule has 2 aromatic heterocycles. The maximum Gasteiger partial charge on any atom is 0.235 e. The van der Waals surface area contributed by atoms with Crippen LogP contribution < -0.4 is 5.32 Å². The monoisotopic (exact) mass is 272 g/mol. The first-order valence-corrected chi connectivity index (χ1v) is 6.99. The maximum absolute atomic E-state index is 4.46. The summed E-state index contributed by atoms with van der Waals surface area (Å²) in [4.78, 5) is 15.6. The first kappa shape index (κ1) is 13.2. The average molecular weight is 272 g/mol. The summed E-state index contributed by atoms with van der Waals surface area (Å²) in [7, 11) is 0.